The van der Waals surface area contributed by atoms with Gasteiger partial charge in [0.05, 0.1) is 11.4 Å². The minimum atomic E-state index is -0.276. The fourth-order valence-electron chi connectivity index (χ4n) is 1.34. The third-order valence-electron chi connectivity index (χ3n) is 2.24. The maximum Gasteiger partial charge on any atom is 0.218 e. The molecule has 15 heavy (non-hydrogen) atoms. The lowest BCUT2D eigenvalue weighted by Gasteiger charge is -2.02. The molecule has 5 heteroatoms. The Morgan fingerprint density at radius 3 is 2.93 bits per heavy atom. The molecule has 1 aromatic heterocycles. The minimum absolute atomic E-state index is 0.276. The van der Waals surface area contributed by atoms with E-state index in [2.05, 4.69) is 23.4 Å². The standard InChI is InChI=1S/C10H18N4O/c1-3-8-6-9(14(2)13-8)7-12-5-4-10(11)15/h6,12H,3-5,7H2,1-2H3,(H2,11,15). The van der Waals surface area contributed by atoms with Crippen LogP contribution in [0.4, 0.5) is 0 Å². The molecule has 0 radical (unpaired) electrons. The normalized spacial score (nSPS) is 10.5. The second kappa shape index (κ2) is 5.50. The number of carbonyl (C=O) groups excluding carboxylic acids is 1. The van der Waals surface area contributed by atoms with Crippen molar-refractivity contribution in [2.75, 3.05) is 6.54 Å². The molecule has 1 heterocycles. The molecule has 0 aliphatic carbocycles. The van der Waals surface area contributed by atoms with Crippen LogP contribution in [0.25, 0.3) is 0 Å². The molecule has 0 aliphatic heterocycles. The van der Waals surface area contributed by atoms with Crippen molar-refractivity contribution in [1.29, 1.82) is 0 Å². The highest BCUT2D eigenvalue weighted by Gasteiger charge is 2.02. The molecular formula is C10H18N4O. The van der Waals surface area contributed by atoms with Crippen LogP contribution in [0.1, 0.15) is 24.7 Å². The highest BCUT2D eigenvalue weighted by molar-refractivity contribution is 5.73. The number of amides is 1. The lowest BCUT2D eigenvalue weighted by Crippen LogP contribution is -2.22. The van der Waals surface area contributed by atoms with Crippen molar-refractivity contribution < 1.29 is 4.79 Å². The Bertz CT molecular complexity index is 332. The van der Waals surface area contributed by atoms with Crippen LogP contribution in [0.3, 0.4) is 0 Å². The van der Waals surface area contributed by atoms with Crippen molar-refractivity contribution in [3.63, 3.8) is 0 Å². The summed E-state index contributed by atoms with van der Waals surface area (Å²) in [7, 11) is 1.92. The van der Waals surface area contributed by atoms with Crippen molar-refractivity contribution in [3.8, 4) is 0 Å². The Balaban J connectivity index is 2.36. The molecule has 0 fully saturated rings. The minimum Gasteiger partial charge on any atom is -0.370 e. The van der Waals surface area contributed by atoms with E-state index in [4.69, 9.17) is 5.73 Å². The van der Waals surface area contributed by atoms with Crippen LogP contribution < -0.4 is 11.1 Å². The van der Waals surface area contributed by atoms with Gasteiger partial charge in [-0.15, -0.1) is 0 Å². The monoisotopic (exact) mass is 210 g/mol. The van der Waals surface area contributed by atoms with E-state index in [-0.39, 0.29) is 5.91 Å². The summed E-state index contributed by atoms with van der Waals surface area (Å²) in [5.41, 5.74) is 7.24. The van der Waals surface area contributed by atoms with E-state index in [0.29, 0.717) is 13.0 Å². The smallest absolute Gasteiger partial charge is 0.218 e. The van der Waals surface area contributed by atoms with E-state index in [0.717, 1.165) is 24.4 Å². The maximum absolute atomic E-state index is 10.5. The molecule has 3 N–H and O–H groups in total. The van der Waals surface area contributed by atoms with Crippen molar-refractivity contribution in [1.82, 2.24) is 15.1 Å². The number of primary amides is 1. The molecule has 0 spiro atoms. The zero-order chi connectivity index (χ0) is 11.3. The number of hydrogen-bond donors (Lipinski definition) is 2. The van der Waals surface area contributed by atoms with Crippen LogP contribution in [0.2, 0.25) is 0 Å². The summed E-state index contributed by atoms with van der Waals surface area (Å²) in [6, 6.07) is 2.07. The van der Waals surface area contributed by atoms with Gasteiger partial charge in [0.25, 0.3) is 0 Å². The van der Waals surface area contributed by atoms with Crippen molar-refractivity contribution >= 4 is 5.91 Å². The topological polar surface area (TPSA) is 72.9 Å². The first kappa shape index (κ1) is 11.7. The summed E-state index contributed by atoms with van der Waals surface area (Å²) in [5, 5.41) is 7.48. The van der Waals surface area contributed by atoms with Gasteiger partial charge in [0.2, 0.25) is 5.91 Å². The van der Waals surface area contributed by atoms with E-state index in [1.54, 1.807) is 0 Å². The lowest BCUT2D eigenvalue weighted by atomic mass is 10.3. The summed E-state index contributed by atoms with van der Waals surface area (Å²) in [5.74, 6) is -0.276. The molecule has 1 amide bonds. The molecule has 1 rings (SSSR count). The van der Waals surface area contributed by atoms with Gasteiger partial charge in [-0.1, -0.05) is 6.92 Å². The molecule has 0 bridgehead atoms. The number of nitrogens with zero attached hydrogens (tertiary/aromatic N) is 2. The molecule has 0 unspecified atom stereocenters. The summed E-state index contributed by atoms with van der Waals surface area (Å²) in [6.07, 6.45) is 1.31. The third-order valence-corrected chi connectivity index (χ3v) is 2.24. The van der Waals surface area contributed by atoms with E-state index in [1.165, 1.54) is 0 Å². The van der Waals surface area contributed by atoms with Gasteiger partial charge in [0, 0.05) is 26.6 Å². The summed E-state index contributed by atoms with van der Waals surface area (Å²) >= 11 is 0. The van der Waals surface area contributed by atoms with E-state index in [1.807, 2.05) is 11.7 Å². The number of nitrogens with two attached hydrogens (primary N) is 1. The number of rotatable bonds is 6. The summed E-state index contributed by atoms with van der Waals surface area (Å²) < 4.78 is 1.86. The fraction of sp³-hybridized carbons (Fsp3) is 0.600. The van der Waals surface area contributed by atoms with Gasteiger partial charge >= 0.3 is 0 Å². The Morgan fingerprint density at radius 1 is 1.67 bits per heavy atom. The molecule has 0 aromatic carbocycles. The highest BCUT2D eigenvalue weighted by Crippen LogP contribution is 2.03. The van der Waals surface area contributed by atoms with Gasteiger partial charge in [-0.25, -0.2) is 0 Å². The first-order chi connectivity index (χ1) is 7.13. The van der Waals surface area contributed by atoms with Crippen molar-refractivity contribution in [2.24, 2.45) is 12.8 Å². The molecule has 1 aromatic rings. The fourth-order valence-corrected chi connectivity index (χ4v) is 1.34. The Kier molecular flexibility index (Phi) is 4.30. The Morgan fingerprint density at radius 2 is 2.40 bits per heavy atom. The molecule has 0 aliphatic rings. The van der Waals surface area contributed by atoms with Crippen molar-refractivity contribution in [3.05, 3.63) is 17.5 Å². The van der Waals surface area contributed by atoms with Crippen LogP contribution in [-0.2, 0) is 24.8 Å². The first-order valence-corrected chi connectivity index (χ1v) is 5.14. The number of nitrogens with one attached hydrogen (secondary N) is 1. The van der Waals surface area contributed by atoms with E-state index < -0.39 is 0 Å². The van der Waals surface area contributed by atoms with Gasteiger partial charge in [-0.05, 0) is 12.5 Å². The van der Waals surface area contributed by atoms with Crippen LogP contribution in [-0.4, -0.2) is 22.2 Å². The predicted molar refractivity (Wildman–Crippen MR) is 58.1 cm³/mol. The van der Waals surface area contributed by atoms with Crippen LogP contribution in [0.15, 0.2) is 6.07 Å². The zero-order valence-corrected chi connectivity index (χ0v) is 9.29. The second-order valence-electron chi connectivity index (χ2n) is 3.50. The summed E-state index contributed by atoms with van der Waals surface area (Å²) in [4.78, 5) is 10.5. The maximum atomic E-state index is 10.5. The number of carbonyl (C=O) groups is 1. The van der Waals surface area contributed by atoms with Gasteiger partial charge in [-0.2, -0.15) is 5.10 Å². The van der Waals surface area contributed by atoms with Gasteiger partial charge in [0.15, 0.2) is 0 Å². The average molecular weight is 210 g/mol. The van der Waals surface area contributed by atoms with Crippen LogP contribution in [0, 0.1) is 0 Å². The zero-order valence-electron chi connectivity index (χ0n) is 9.29. The number of hydrogen-bond acceptors (Lipinski definition) is 3. The van der Waals surface area contributed by atoms with Gasteiger partial charge < -0.3 is 11.1 Å². The molecule has 5 nitrogen and oxygen atoms in total. The molecule has 0 saturated carbocycles. The average Bonchev–Trinajstić information content (AvgIpc) is 2.54. The highest BCUT2D eigenvalue weighted by atomic mass is 16.1. The Labute approximate surface area is 89.6 Å². The first-order valence-electron chi connectivity index (χ1n) is 5.14. The number of aryl methyl sites for hydroxylation is 2. The van der Waals surface area contributed by atoms with Crippen LogP contribution >= 0.6 is 0 Å². The largest absolute Gasteiger partial charge is 0.370 e. The van der Waals surface area contributed by atoms with E-state index in [9.17, 15) is 4.79 Å². The molecule has 84 valence electrons. The lowest BCUT2D eigenvalue weighted by molar-refractivity contribution is -0.117. The Hall–Kier alpha value is -1.36. The summed E-state index contributed by atoms with van der Waals surface area (Å²) in [6.45, 7) is 3.41. The van der Waals surface area contributed by atoms with Crippen molar-refractivity contribution in [2.45, 2.75) is 26.3 Å². The quantitative estimate of drug-likeness (QED) is 0.646. The SMILES string of the molecule is CCc1cc(CNCCC(N)=O)n(C)n1. The second-order valence-corrected chi connectivity index (χ2v) is 3.50. The molecule has 0 saturated heterocycles. The third kappa shape index (κ3) is 3.71. The van der Waals surface area contributed by atoms with E-state index >= 15 is 0 Å². The molecular weight excluding hydrogens is 192 g/mol. The number of aromatic nitrogens is 2. The van der Waals surface area contributed by atoms with Crippen LogP contribution in [0.5, 0.6) is 0 Å². The molecule has 0 atom stereocenters. The van der Waals surface area contributed by atoms with Gasteiger partial charge in [-0.3, -0.25) is 9.48 Å². The predicted octanol–water partition coefficient (Wildman–Crippen LogP) is -0.0525. The van der Waals surface area contributed by atoms with Gasteiger partial charge in [0.1, 0.15) is 0 Å².